The van der Waals surface area contributed by atoms with Gasteiger partial charge >= 0.3 is 5.97 Å². The minimum absolute atomic E-state index is 0.189. The number of carboxylic acids is 1. The fraction of sp³-hybridized carbons (Fsp3) is 0. The highest BCUT2D eigenvalue weighted by Gasteiger charge is 2.15. The lowest BCUT2D eigenvalue weighted by Gasteiger charge is -2.05. The molecule has 0 spiro atoms. The molecule has 0 unspecified atom stereocenters. The van der Waals surface area contributed by atoms with E-state index in [4.69, 9.17) is 4.42 Å². The Kier molecular flexibility index (Phi) is 2.30. The number of benzene rings is 1. The molecule has 5 nitrogen and oxygen atoms in total. The lowest BCUT2D eigenvalue weighted by molar-refractivity contribution is 0.0697. The SMILES string of the molecule is O=C(O)c1ccncc1-c1cccc2ncoc12. The molecule has 3 aromatic rings. The highest BCUT2D eigenvalue weighted by atomic mass is 16.4. The molecule has 0 aliphatic carbocycles. The molecule has 5 heteroatoms. The zero-order valence-electron chi connectivity index (χ0n) is 9.20. The van der Waals surface area contributed by atoms with Crippen molar-refractivity contribution in [2.45, 2.75) is 0 Å². The number of aromatic carboxylic acids is 1. The van der Waals surface area contributed by atoms with Gasteiger partial charge in [-0.1, -0.05) is 12.1 Å². The summed E-state index contributed by atoms with van der Waals surface area (Å²) >= 11 is 0. The van der Waals surface area contributed by atoms with E-state index in [1.165, 1.54) is 24.9 Å². The molecule has 88 valence electrons. The van der Waals surface area contributed by atoms with Crippen LogP contribution >= 0.6 is 0 Å². The molecule has 0 bridgehead atoms. The summed E-state index contributed by atoms with van der Waals surface area (Å²) in [6, 6.07) is 6.86. The van der Waals surface area contributed by atoms with E-state index in [0.29, 0.717) is 22.2 Å². The standard InChI is InChI=1S/C13H8N2O3/c16-13(17)9-4-5-14-6-10(9)8-2-1-3-11-12(8)18-7-15-11/h1-7H,(H,16,17). The number of nitrogens with zero attached hydrogens (tertiary/aromatic N) is 2. The maximum absolute atomic E-state index is 11.2. The molecule has 1 N–H and O–H groups in total. The van der Waals surface area contributed by atoms with Gasteiger partial charge in [0.15, 0.2) is 12.0 Å². The van der Waals surface area contributed by atoms with Crippen molar-refractivity contribution in [3.05, 3.63) is 48.6 Å². The van der Waals surface area contributed by atoms with Crippen molar-refractivity contribution in [1.29, 1.82) is 0 Å². The largest absolute Gasteiger partial charge is 0.478 e. The van der Waals surface area contributed by atoms with Crippen LogP contribution in [0.3, 0.4) is 0 Å². The number of fused-ring (bicyclic) bond motifs is 1. The first-order valence-electron chi connectivity index (χ1n) is 5.27. The molecule has 0 aliphatic heterocycles. The molecule has 0 aliphatic rings. The van der Waals surface area contributed by atoms with Gasteiger partial charge in [0.2, 0.25) is 0 Å². The number of carboxylic acid groups (broad SMARTS) is 1. The van der Waals surface area contributed by atoms with Crippen LogP contribution in [0, 0.1) is 0 Å². The van der Waals surface area contributed by atoms with Crippen molar-refractivity contribution < 1.29 is 14.3 Å². The predicted octanol–water partition coefficient (Wildman–Crippen LogP) is 2.59. The average Bonchev–Trinajstić information content (AvgIpc) is 2.86. The Morgan fingerprint density at radius 1 is 1.22 bits per heavy atom. The van der Waals surface area contributed by atoms with Crippen molar-refractivity contribution in [2.75, 3.05) is 0 Å². The van der Waals surface area contributed by atoms with Gasteiger partial charge in [-0.15, -0.1) is 0 Å². The normalized spacial score (nSPS) is 10.7. The zero-order valence-corrected chi connectivity index (χ0v) is 9.20. The second-order valence-electron chi connectivity index (χ2n) is 3.73. The highest BCUT2D eigenvalue weighted by Crippen LogP contribution is 2.29. The van der Waals surface area contributed by atoms with Crippen LogP contribution < -0.4 is 0 Å². The second kappa shape index (κ2) is 3.96. The highest BCUT2D eigenvalue weighted by molar-refractivity contribution is 6.00. The van der Waals surface area contributed by atoms with Gasteiger partial charge in [0, 0.05) is 23.5 Å². The van der Waals surface area contributed by atoms with Crippen LogP contribution in [-0.2, 0) is 0 Å². The number of oxazole rings is 1. The van der Waals surface area contributed by atoms with E-state index in [-0.39, 0.29) is 5.56 Å². The number of hydrogen-bond donors (Lipinski definition) is 1. The van der Waals surface area contributed by atoms with Crippen molar-refractivity contribution >= 4 is 17.1 Å². The van der Waals surface area contributed by atoms with Crippen LogP contribution in [0.4, 0.5) is 0 Å². The minimum Gasteiger partial charge on any atom is -0.478 e. The first-order chi connectivity index (χ1) is 8.77. The Morgan fingerprint density at radius 2 is 2.11 bits per heavy atom. The molecular formula is C13H8N2O3. The van der Waals surface area contributed by atoms with E-state index >= 15 is 0 Å². The van der Waals surface area contributed by atoms with Crippen LogP contribution in [0.25, 0.3) is 22.2 Å². The van der Waals surface area contributed by atoms with E-state index in [9.17, 15) is 9.90 Å². The summed E-state index contributed by atoms with van der Waals surface area (Å²) in [5.74, 6) is -0.996. The molecule has 0 amide bonds. The Hall–Kier alpha value is -2.69. The third kappa shape index (κ3) is 1.53. The summed E-state index contributed by atoms with van der Waals surface area (Å²) in [4.78, 5) is 19.2. The van der Waals surface area contributed by atoms with E-state index in [2.05, 4.69) is 9.97 Å². The monoisotopic (exact) mass is 240 g/mol. The second-order valence-corrected chi connectivity index (χ2v) is 3.73. The molecule has 0 fully saturated rings. The summed E-state index contributed by atoms with van der Waals surface area (Å²) in [6.45, 7) is 0. The molecule has 1 aromatic carbocycles. The van der Waals surface area contributed by atoms with Crippen LogP contribution in [0.15, 0.2) is 47.5 Å². The van der Waals surface area contributed by atoms with Gasteiger partial charge in [-0.2, -0.15) is 0 Å². The molecular weight excluding hydrogens is 232 g/mol. The van der Waals surface area contributed by atoms with Crippen LogP contribution in [0.2, 0.25) is 0 Å². The third-order valence-corrected chi connectivity index (χ3v) is 2.70. The smallest absolute Gasteiger partial charge is 0.336 e. The van der Waals surface area contributed by atoms with E-state index in [0.717, 1.165) is 0 Å². The Morgan fingerprint density at radius 3 is 2.94 bits per heavy atom. The summed E-state index contributed by atoms with van der Waals surface area (Å²) < 4.78 is 5.31. The number of rotatable bonds is 2. The molecule has 0 saturated carbocycles. The van der Waals surface area contributed by atoms with Crippen LogP contribution in [0.5, 0.6) is 0 Å². The Labute approximate surface area is 102 Å². The molecule has 2 heterocycles. The number of pyridine rings is 1. The lowest BCUT2D eigenvalue weighted by atomic mass is 10.0. The molecule has 18 heavy (non-hydrogen) atoms. The van der Waals surface area contributed by atoms with Crippen molar-refractivity contribution in [3.8, 4) is 11.1 Å². The average molecular weight is 240 g/mol. The van der Waals surface area contributed by atoms with Gasteiger partial charge in [-0.25, -0.2) is 9.78 Å². The predicted molar refractivity (Wildman–Crippen MR) is 64.2 cm³/mol. The van der Waals surface area contributed by atoms with Gasteiger partial charge in [-0.3, -0.25) is 4.98 Å². The summed E-state index contributed by atoms with van der Waals surface area (Å²) in [7, 11) is 0. The number of aromatic nitrogens is 2. The van der Waals surface area contributed by atoms with E-state index in [1.807, 2.05) is 0 Å². The van der Waals surface area contributed by atoms with E-state index < -0.39 is 5.97 Å². The maximum atomic E-state index is 11.2. The quantitative estimate of drug-likeness (QED) is 0.745. The van der Waals surface area contributed by atoms with Crippen molar-refractivity contribution in [1.82, 2.24) is 9.97 Å². The molecule has 0 saturated heterocycles. The molecule has 3 rings (SSSR count). The first kappa shape index (κ1) is 10.5. The Bertz CT molecular complexity index is 734. The summed E-state index contributed by atoms with van der Waals surface area (Å²) in [5.41, 5.74) is 2.64. The van der Waals surface area contributed by atoms with Gasteiger partial charge in [0.25, 0.3) is 0 Å². The van der Waals surface area contributed by atoms with Gasteiger partial charge in [0.1, 0.15) is 5.52 Å². The fourth-order valence-electron chi connectivity index (χ4n) is 1.89. The van der Waals surface area contributed by atoms with Gasteiger partial charge in [0.05, 0.1) is 5.56 Å². The van der Waals surface area contributed by atoms with Crippen LogP contribution in [0.1, 0.15) is 10.4 Å². The number of carbonyl (C=O) groups is 1. The Balaban J connectivity index is 2.33. The minimum atomic E-state index is -0.996. The zero-order chi connectivity index (χ0) is 12.5. The first-order valence-corrected chi connectivity index (χ1v) is 5.27. The fourth-order valence-corrected chi connectivity index (χ4v) is 1.89. The topological polar surface area (TPSA) is 76.2 Å². The van der Waals surface area contributed by atoms with Gasteiger partial charge < -0.3 is 9.52 Å². The van der Waals surface area contributed by atoms with Crippen molar-refractivity contribution in [3.63, 3.8) is 0 Å². The molecule has 0 atom stereocenters. The summed E-state index contributed by atoms with van der Waals surface area (Å²) in [5, 5.41) is 9.18. The van der Waals surface area contributed by atoms with Crippen molar-refractivity contribution in [2.24, 2.45) is 0 Å². The number of para-hydroxylation sites is 1. The van der Waals surface area contributed by atoms with E-state index in [1.54, 1.807) is 18.2 Å². The van der Waals surface area contributed by atoms with Crippen LogP contribution in [-0.4, -0.2) is 21.0 Å². The maximum Gasteiger partial charge on any atom is 0.336 e. The lowest BCUT2D eigenvalue weighted by Crippen LogP contribution is -2.00. The van der Waals surface area contributed by atoms with Gasteiger partial charge in [-0.05, 0) is 12.1 Å². The number of hydrogen-bond acceptors (Lipinski definition) is 4. The summed E-state index contributed by atoms with van der Waals surface area (Å²) in [6.07, 6.45) is 4.30. The molecule has 0 radical (unpaired) electrons. The third-order valence-electron chi connectivity index (χ3n) is 2.70. The molecule has 2 aromatic heterocycles.